The summed E-state index contributed by atoms with van der Waals surface area (Å²) < 4.78 is 16.9. The summed E-state index contributed by atoms with van der Waals surface area (Å²) in [6.45, 7) is 6.70. The Kier molecular flexibility index (Phi) is 59.6. The third-order valence-electron chi connectivity index (χ3n) is 15.1. The van der Waals surface area contributed by atoms with Crippen LogP contribution in [0, 0.1) is 0 Å². The minimum atomic E-state index is -0.761. The number of hydrogen-bond donors (Lipinski definition) is 0. The lowest BCUT2D eigenvalue weighted by Gasteiger charge is -2.18. The molecular formula is C65H126O6. The Morgan fingerprint density at radius 3 is 0.563 bits per heavy atom. The first kappa shape index (κ1) is 69.4. The fourth-order valence-corrected chi connectivity index (χ4v) is 10.2. The molecule has 0 aromatic heterocycles. The monoisotopic (exact) mass is 1000 g/mol. The van der Waals surface area contributed by atoms with E-state index in [0.717, 1.165) is 57.8 Å². The van der Waals surface area contributed by atoms with Crippen LogP contribution in [0.15, 0.2) is 0 Å². The molecule has 6 heteroatoms. The Hall–Kier alpha value is -1.59. The number of carbonyl (C=O) groups excluding carboxylic acids is 3. The summed E-state index contributed by atoms with van der Waals surface area (Å²) in [5, 5.41) is 0. The minimum Gasteiger partial charge on any atom is -0.462 e. The van der Waals surface area contributed by atoms with Crippen LogP contribution in [0.25, 0.3) is 0 Å². The second kappa shape index (κ2) is 61.0. The highest BCUT2D eigenvalue weighted by Crippen LogP contribution is 2.19. The number of unbranched alkanes of at least 4 members (excludes halogenated alkanes) is 50. The van der Waals surface area contributed by atoms with E-state index < -0.39 is 6.10 Å². The minimum absolute atomic E-state index is 0.0612. The van der Waals surface area contributed by atoms with Gasteiger partial charge in [0, 0.05) is 19.3 Å². The van der Waals surface area contributed by atoms with Gasteiger partial charge in [0.05, 0.1) is 0 Å². The molecule has 0 aromatic carbocycles. The van der Waals surface area contributed by atoms with Gasteiger partial charge < -0.3 is 14.2 Å². The molecule has 71 heavy (non-hydrogen) atoms. The summed E-state index contributed by atoms with van der Waals surface area (Å²) in [5.74, 6) is -0.833. The van der Waals surface area contributed by atoms with Gasteiger partial charge in [-0.3, -0.25) is 14.4 Å². The van der Waals surface area contributed by atoms with Crippen molar-refractivity contribution in [2.24, 2.45) is 0 Å². The fraction of sp³-hybridized carbons (Fsp3) is 0.954. The number of ether oxygens (including phenoxy) is 3. The van der Waals surface area contributed by atoms with Gasteiger partial charge in [-0.25, -0.2) is 0 Å². The zero-order valence-corrected chi connectivity index (χ0v) is 48.5. The highest BCUT2D eigenvalue weighted by molar-refractivity contribution is 5.71. The van der Waals surface area contributed by atoms with Gasteiger partial charge in [0.2, 0.25) is 0 Å². The van der Waals surface area contributed by atoms with Gasteiger partial charge in [0.1, 0.15) is 13.2 Å². The molecule has 0 aliphatic rings. The summed E-state index contributed by atoms with van der Waals surface area (Å²) in [4.78, 5) is 38.1. The molecule has 0 heterocycles. The van der Waals surface area contributed by atoms with E-state index in [0.29, 0.717) is 19.3 Å². The average molecular weight is 1000 g/mol. The summed E-state index contributed by atoms with van der Waals surface area (Å²) in [7, 11) is 0. The molecule has 0 bridgehead atoms. The Labute approximate surface area is 444 Å². The Balaban J connectivity index is 4.01. The molecule has 0 aliphatic heterocycles. The molecule has 6 nitrogen and oxygen atoms in total. The fourth-order valence-electron chi connectivity index (χ4n) is 10.2. The molecule has 0 radical (unpaired) electrons. The maximum atomic E-state index is 12.8. The van der Waals surface area contributed by atoms with Gasteiger partial charge in [-0.15, -0.1) is 0 Å². The first-order valence-corrected chi connectivity index (χ1v) is 32.5. The number of hydrogen-bond acceptors (Lipinski definition) is 6. The van der Waals surface area contributed by atoms with Crippen LogP contribution in [0.5, 0.6) is 0 Å². The molecule has 0 aromatic rings. The third kappa shape index (κ3) is 59.2. The van der Waals surface area contributed by atoms with E-state index in [4.69, 9.17) is 14.2 Å². The smallest absolute Gasteiger partial charge is 0.306 e. The van der Waals surface area contributed by atoms with E-state index in [1.165, 1.54) is 283 Å². The van der Waals surface area contributed by atoms with Gasteiger partial charge in [0.15, 0.2) is 6.10 Å². The van der Waals surface area contributed by atoms with E-state index in [2.05, 4.69) is 20.8 Å². The zero-order chi connectivity index (χ0) is 51.4. The number of rotatable bonds is 61. The number of carbonyl (C=O) groups is 3. The van der Waals surface area contributed by atoms with Gasteiger partial charge >= 0.3 is 17.9 Å². The lowest BCUT2D eigenvalue weighted by Crippen LogP contribution is -2.30. The van der Waals surface area contributed by atoms with E-state index in [9.17, 15) is 14.4 Å². The Morgan fingerprint density at radius 2 is 0.380 bits per heavy atom. The summed E-state index contributed by atoms with van der Waals surface area (Å²) in [6.07, 6.45) is 70.0. The quantitative estimate of drug-likeness (QED) is 0.0343. The maximum absolute atomic E-state index is 12.8. The topological polar surface area (TPSA) is 78.9 Å². The van der Waals surface area contributed by atoms with Crippen molar-refractivity contribution in [3.05, 3.63) is 0 Å². The number of esters is 3. The second-order valence-electron chi connectivity index (χ2n) is 22.4. The van der Waals surface area contributed by atoms with Gasteiger partial charge in [-0.05, 0) is 19.3 Å². The lowest BCUT2D eigenvalue weighted by atomic mass is 10.0. The molecule has 0 rings (SSSR count). The molecular weight excluding hydrogens is 877 g/mol. The van der Waals surface area contributed by atoms with E-state index in [1.807, 2.05) is 0 Å². The van der Waals surface area contributed by atoms with E-state index in [-0.39, 0.29) is 31.1 Å². The van der Waals surface area contributed by atoms with Gasteiger partial charge in [0.25, 0.3) is 0 Å². The van der Waals surface area contributed by atoms with Crippen LogP contribution in [0.2, 0.25) is 0 Å². The lowest BCUT2D eigenvalue weighted by molar-refractivity contribution is -0.167. The van der Waals surface area contributed by atoms with Crippen molar-refractivity contribution in [3.63, 3.8) is 0 Å². The van der Waals surface area contributed by atoms with Crippen molar-refractivity contribution in [1.82, 2.24) is 0 Å². The third-order valence-corrected chi connectivity index (χ3v) is 15.1. The van der Waals surface area contributed by atoms with E-state index in [1.54, 1.807) is 0 Å². The molecule has 0 fully saturated rings. The predicted molar refractivity (Wildman–Crippen MR) is 307 cm³/mol. The summed E-state index contributed by atoms with van der Waals surface area (Å²) in [6, 6.07) is 0. The molecule has 0 spiro atoms. The van der Waals surface area contributed by atoms with Crippen molar-refractivity contribution in [2.75, 3.05) is 13.2 Å². The zero-order valence-electron chi connectivity index (χ0n) is 48.5. The van der Waals surface area contributed by atoms with Crippen molar-refractivity contribution in [2.45, 2.75) is 386 Å². The van der Waals surface area contributed by atoms with Crippen molar-refractivity contribution in [1.29, 1.82) is 0 Å². The molecule has 1 unspecified atom stereocenters. The highest BCUT2D eigenvalue weighted by Gasteiger charge is 2.19. The summed E-state index contributed by atoms with van der Waals surface area (Å²) in [5.41, 5.74) is 0. The normalized spacial score (nSPS) is 11.9. The summed E-state index contributed by atoms with van der Waals surface area (Å²) >= 11 is 0. The van der Waals surface area contributed by atoms with Crippen LogP contribution in [0.4, 0.5) is 0 Å². The molecule has 1 atom stereocenters. The van der Waals surface area contributed by atoms with Crippen LogP contribution in [0.3, 0.4) is 0 Å². The van der Waals surface area contributed by atoms with E-state index >= 15 is 0 Å². The highest BCUT2D eigenvalue weighted by atomic mass is 16.6. The first-order valence-electron chi connectivity index (χ1n) is 32.5. The SMILES string of the molecule is CCCCCCCCCCCCCCCCCCCCCCCCCCCCCCCCC(=O)OCC(COC(=O)CCCCCCCCCCCCC)OC(=O)CCCCCCCCCCCCCC. The van der Waals surface area contributed by atoms with Crippen molar-refractivity contribution >= 4 is 17.9 Å². The van der Waals surface area contributed by atoms with Gasteiger partial charge in [-0.1, -0.05) is 342 Å². The predicted octanol–water partition coefficient (Wildman–Crippen LogP) is 21.9. The van der Waals surface area contributed by atoms with Crippen LogP contribution in [-0.2, 0) is 28.6 Å². The Bertz CT molecular complexity index is 1060. The maximum Gasteiger partial charge on any atom is 0.306 e. The average Bonchev–Trinajstić information content (AvgIpc) is 3.37. The molecule has 0 aliphatic carbocycles. The van der Waals surface area contributed by atoms with Crippen molar-refractivity contribution < 1.29 is 28.6 Å². The largest absolute Gasteiger partial charge is 0.462 e. The van der Waals surface area contributed by atoms with Crippen LogP contribution >= 0.6 is 0 Å². The standard InChI is InChI=1S/C65H126O6/c1-4-7-10-13-16-19-22-24-25-26-27-28-29-30-31-32-33-34-35-36-37-38-39-40-41-44-46-49-52-55-58-64(67)70-61-62(60-69-63(66)57-54-51-48-45-42-21-18-15-12-9-6-3)71-65(68)59-56-53-50-47-43-23-20-17-14-11-8-5-2/h62H,4-61H2,1-3H3. The molecule has 0 N–H and O–H groups in total. The molecule has 422 valence electrons. The Morgan fingerprint density at radius 1 is 0.225 bits per heavy atom. The first-order chi connectivity index (χ1) is 35.0. The van der Waals surface area contributed by atoms with Crippen LogP contribution < -0.4 is 0 Å². The molecule has 0 saturated carbocycles. The van der Waals surface area contributed by atoms with Crippen molar-refractivity contribution in [3.8, 4) is 0 Å². The second-order valence-corrected chi connectivity index (χ2v) is 22.4. The van der Waals surface area contributed by atoms with Gasteiger partial charge in [-0.2, -0.15) is 0 Å². The van der Waals surface area contributed by atoms with Crippen LogP contribution in [0.1, 0.15) is 380 Å². The molecule has 0 saturated heterocycles. The van der Waals surface area contributed by atoms with Crippen LogP contribution in [-0.4, -0.2) is 37.2 Å². The molecule has 0 amide bonds.